The van der Waals surface area contributed by atoms with Crippen molar-refractivity contribution < 1.29 is 9.84 Å². The second-order valence-electron chi connectivity index (χ2n) is 3.34. The summed E-state index contributed by atoms with van der Waals surface area (Å²) in [6.07, 6.45) is 3.56. The standard InChI is InChI=1S/C11H11BrN2O2/c1-14-6-5-13-11(14)7-3-4-8(16-2)10(15)9(7)12/h3-6,15H,1-2H3. The number of aromatic hydroxyl groups is 1. The van der Waals surface area contributed by atoms with Gasteiger partial charge in [-0.15, -0.1) is 0 Å². The van der Waals surface area contributed by atoms with Gasteiger partial charge < -0.3 is 14.4 Å². The van der Waals surface area contributed by atoms with Gasteiger partial charge in [-0.25, -0.2) is 4.98 Å². The van der Waals surface area contributed by atoms with Gasteiger partial charge in [0.2, 0.25) is 0 Å². The number of phenols is 1. The molecule has 0 saturated heterocycles. The minimum Gasteiger partial charge on any atom is -0.503 e. The Bertz CT molecular complexity index is 523. The van der Waals surface area contributed by atoms with E-state index in [0.29, 0.717) is 10.2 Å². The molecule has 0 amide bonds. The van der Waals surface area contributed by atoms with Crippen LogP contribution in [0.2, 0.25) is 0 Å². The zero-order chi connectivity index (χ0) is 11.7. The minimum atomic E-state index is 0.0861. The number of rotatable bonds is 2. The first-order chi connectivity index (χ1) is 7.65. The van der Waals surface area contributed by atoms with Gasteiger partial charge in [-0.1, -0.05) is 0 Å². The van der Waals surface area contributed by atoms with Gasteiger partial charge in [-0.05, 0) is 28.1 Å². The van der Waals surface area contributed by atoms with Crippen molar-refractivity contribution in [2.45, 2.75) is 0 Å². The quantitative estimate of drug-likeness (QED) is 0.921. The van der Waals surface area contributed by atoms with Crippen LogP contribution in [0.4, 0.5) is 0 Å². The molecule has 1 aromatic carbocycles. The van der Waals surface area contributed by atoms with E-state index < -0.39 is 0 Å². The fraction of sp³-hybridized carbons (Fsp3) is 0.182. The first kappa shape index (κ1) is 11.0. The number of phenolic OH excluding ortho intramolecular Hbond substituents is 1. The van der Waals surface area contributed by atoms with Gasteiger partial charge >= 0.3 is 0 Å². The average molecular weight is 283 g/mol. The molecule has 1 N–H and O–H groups in total. The topological polar surface area (TPSA) is 47.3 Å². The molecule has 1 heterocycles. The lowest BCUT2D eigenvalue weighted by atomic mass is 10.2. The van der Waals surface area contributed by atoms with Crippen LogP contribution in [0.3, 0.4) is 0 Å². The number of aromatic nitrogens is 2. The number of hydrogen-bond donors (Lipinski definition) is 1. The predicted molar refractivity (Wildman–Crippen MR) is 64.6 cm³/mol. The molecule has 5 heteroatoms. The van der Waals surface area contributed by atoms with Crippen LogP contribution in [0, 0.1) is 0 Å². The van der Waals surface area contributed by atoms with E-state index in [0.717, 1.165) is 11.4 Å². The largest absolute Gasteiger partial charge is 0.503 e. The van der Waals surface area contributed by atoms with Crippen molar-refractivity contribution in [2.75, 3.05) is 7.11 Å². The number of imidazole rings is 1. The van der Waals surface area contributed by atoms with E-state index in [2.05, 4.69) is 20.9 Å². The Morgan fingerprint density at radius 1 is 1.44 bits per heavy atom. The molecule has 4 nitrogen and oxygen atoms in total. The molecule has 2 rings (SSSR count). The lowest BCUT2D eigenvalue weighted by Gasteiger charge is -2.09. The van der Waals surface area contributed by atoms with Crippen LogP contribution in [0.15, 0.2) is 29.0 Å². The van der Waals surface area contributed by atoms with E-state index in [9.17, 15) is 5.11 Å². The Morgan fingerprint density at radius 2 is 2.19 bits per heavy atom. The Kier molecular flexibility index (Phi) is 2.87. The van der Waals surface area contributed by atoms with E-state index >= 15 is 0 Å². The second-order valence-corrected chi connectivity index (χ2v) is 4.13. The zero-order valence-corrected chi connectivity index (χ0v) is 10.5. The van der Waals surface area contributed by atoms with E-state index in [1.807, 2.05) is 23.9 Å². The molecule has 0 spiro atoms. The maximum Gasteiger partial charge on any atom is 0.172 e. The van der Waals surface area contributed by atoms with Gasteiger partial charge in [-0.2, -0.15) is 0 Å². The van der Waals surface area contributed by atoms with E-state index in [4.69, 9.17) is 4.74 Å². The molecule has 2 aromatic rings. The normalized spacial score (nSPS) is 10.4. The summed E-state index contributed by atoms with van der Waals surface area (Å²) in [6.45, 7) is 0. The van der Waals surface area contributed by atoms with Crippen LogP contribution in [-0.4, -0.2) is 21.8 Å². The number of aryl methyl sites for hydroxylation is 1. The number of ether oxygens (including phenoxy) is 1. The molecular weight excluding hydrogens is 272 g/mol. The van der Waals surface area contributed by atoms with E-state index in [-0.39, 0.29) is 5.75 Å². The van der Waals surface area contributed by atoms with Crippen LogP contribution < -0.4 is 4.74 Å². The number of methoxy groups -OCH3 is 1. The maximum atomic E-state index is 9.86. The molecule has 0 aliphatic carbocycles. The molecule has 0 saturated carbocycles. The molecule has 0 radical (unpaired) electrons. The first-order valence-corrected chi connectivity index (χ1v) is 5.47. The van der Waals surface area contributed by atoms with Crippen molar-refractivity contribution in [3.8, 4) is 22.9 Å². The molecule has 0 atom stereocenters. The maximum absolute atomic E-state index is 9.86. The fourth-order valence-corrected chi connectivity index (χ4v) is 2.01. The molecule has 16 heavy (non-hydrogen) atoms. The van der Waals surface area contributed by atoms with Crippen LogP contribution in [-0.2, 0) is 7.05 Å². The zero-order valence-electron chi connectivity index (χ0n) is 8.94. The first-order valence-electron chi connectivity index (χ1n) is 4.68. The monoisotopic (exact) mass is 282 g/mol. The summed E-state index contributed by atoms with van der Waals surface area (Å²) in [6, 6.07) is 3.56. The van der Waals surface area contributed by atoms with Gasteiger partial charge in [0.1, 0.15) is 5.82 Å². The lowest BCUT2D eigenvalue weighted by Crippen LogP contribution is -1.93. The molecular formula is C11H11BrN2O2. The summed E-state index contributed by atoms with van der Waals surface area (Å²) in [4.78, 5) is 4.22. The Morgan fingerprint density at radius 3 is 2.75 bits per heavy atom. The minimum absolute atomic E-state index is 0.0861. The molecule has 0 aliphatic rings. The smallest absolute Gasteiger partial charge is 0.172 e. The van der Waals surface area contributed by atoms with Crippen molar-refractivity contribution >= 4 is 15.9 Å². The third-order valence-corrected chi connectivity index (χ3v) is 3.16. The summed E-state index contributed by atoms with van der Waals surface area (Å²) in [5, 5.41) is 9.86. The molecule has 0 fully saturated rings. The van der Waals surface area contributed by atoms with E-state index in [1.54, 1.807) is 12.3 Å². The van der Waals surface area contributed by atoms with Gasteiger partial charge in [-0.3, -0.25) is 0 Å². The summed E-state index contributed by atoms with van der Waals surface area (Å²) in [5.74, 6) is 1.30. The average Bonchev–Trinajstić information content (AvgIpc) is 2.69. The van der Waals surface area contributed by atoms with Crippen molar-refractivity contribution in [1.82, 2.24) is 9.55 Å². The Hall–Kier alpha value is -1.49. The highest BCUT2D eigenvalue weighted by atomic mass is 79.9. The van der Waals surface area contributed by atoms with Crippen molar-refractivity contribution in [3.05, 3.63) is 29.0 Å². The second kappa shape index (κ2) is 4.17. The molecule has 1 aromatic heterocycles. The lowest BCUT2D eigenvalue weighted by molar-refractivity contribution is 0.372. The van der Waals surface area contributed by atoms with Gasteiger partial charge in [0.05, 0.1) is 11.6 Å². The molecule has 0 bridgehead atoms. The van der Waals surface area contributed by atoms with Crippen LogP contribution in [0.1, 0.15) is 0 Å². The Labute approximate surface area is 102 Å². The van der Waals surface area contributed by atoms with Gasteiger partial charge in [0.15, 0.2) is 11.5 Å². The van der Waals surface area contributed by atoms with E-state index in [1.165, 1.54) is 7.11 Å². The highest BCUT2D eigenvalue weighted by Crippen LogP contribution is 2.40. The molecule has 0 aliphatic heterocycles. The number of halogens is 1. The number of nitrogens with zero attached hydrogens (tertiary/aromatic N) is 2. The van der Waals surface area contributed by atoms with Crippen molar-refractivity contribution in [2.24, 2.45) is 7.05 Å². The number of hydrogen-bond acceptors (Lipinski definition) is 3. The van der Waals surface area contributed by atoms with Crippen molar-refractivity contribution in [1.29, 1.82) is 0 Å². The third-order valence-electron chi connectivity index (χ3n) is 2.36. The number of benzene rings is 1. The van der Waals surface area contributed by atoms with Crippen LogP contribution >= 0.6 is 15.9 Å². The van der Waals surface area contributed by atoms with Gasteiger partial charge in [0, 0.05) is 25.0 Å². The van der Waals surface area contributed by atoms with Crippen LogP contribution in [0.5, 0.6) is 11.5 Å². The third kappa shape index (κ3) is 1.67. The fourth-order valence-electron chi connectivity index (χ4n) is 1.51. The SMILES string of the molecule is COc1ccc(-c2nccn2C)c(Br)c1O. The predicted octanol–water partition coefficient (Wildman–Crippen LogP) is 2.56. The highest BCUT2D eigenvalue weighted by molar-refractivity contribution is 9.10. The summed E-state index contributed by atoms with van der Waals surface area (Å²) < 4.78 is 7.49. The summed E-state index contributed by atoms with van der Waals surface area (Å²) >= 11 is 3.34. The Balaban J connectivity index is 2.60. The molecule has 0 unspecified atom stereocenters. The highest BCUT2D eigenvalue weighted by Gasteiger charge is 2.14. The summed E-state index contributed by atoms with van der Waals surface area (Å²) in [7, 11) is 3.41. The molecule has 84 valence electrons. The van der Waals surface area contributed by atoms with Crippen molar-refractivity contribution in [3.63, 3.8) is 0 Å². The summed E-state index contributed by atoms with van der Waals surface area (Å²) in [5.41, 5.74) is 0.825. The van der Waals surface area contributed by atoms with Crippen LogP contribution in [0.25, 0.3) is 11.4 Å². The van der Waals surface area contributed by atoms with Gasteiger partial charge in [0.25, 0.3) is 0 Å².